The molecule has 0 aromatic carbocycles. The Morgan fingerprint density at radius 3 is 2.48 bits per heavy atom. The molecule has 0 spiro atoms. The Hall–Kier alpha value is -2.05. The highest BCUT2D eigenvalue weighted by atomic mass is 32.2. The van der Waals surface area contributed by atoms with Gasteiger partial charge in [0.2, 0.25) is 16.8 Å². The molecule has 29 heavy (non-hydrogen) atoms. The van der Waals surface area contributed by atoms with Crippen LogP contribution in [0, 0.1) is 0 Å². The second kappa shape index (κ2) is 10.6. The standard InChI is InChI=1S/C17H24N2O8S2/c1-3-26-17(22)13-4-5-16(27-13)29(23,24)19-9-7-18(8-10-19)14(20)6-11-28-12-15(21)25-2/h4-5H,3,6-12H2,1-2H3. The summed E-state index contributed by atoms with van der Waals surface area (Å²) in [6, 6.07) is 2.48. The van der Waals surface area contributed by atoms with Crippen molar-refractivity contribution in [1.29, 1.82) is 0 Å². The minimum Gasteiger partial charge on any atom is -0.468 e. The van der Waals surface area contributed by atoms with E-state index in [1.165, 1.54) is 35.3 Å². The Morgan fingerprint density at radius 1 is 1.17 bits per heavy atom. The van der Waals surface area contributed by atoms with Crippen LogP contribution in [0.5, 0.6) is 0 Å². The zero-order valence-corrected chi connectivity index (χ0v) is 17.9. The largest absolute Gasteiger partial charge is 0.468 e. The van der Waals surface area contributed by atoms with Crippen molar-refractivity contribution in [2.75, 3.05) is 51.4 Å². The maximum absolute atomic E-state index is 12.7. The number of sulfonamides is 1. The van der Waals surface area contributed by atoms with E-state index in [0.29, 0.717) is 5.75 Å². The minimum absolute atomic E-state index is 0.0954. The van der Waals surface area contributed by atoms with Gasteiger partial charge in [-0.1, -0.05) is 0 Å². The van der Waals surface area contributed by atoms with Crippen molar-refractivity contribution < 1.29 is 36.7 Å². The molecule has 0 saturated carbocycles. The van der Waals surface area contributed by atoms with Crippen molar-refractivity contribution in [2.24, 2.45) is 0 Å². The number of hydrogen-bond acceptors (Lipinski definition) is 9. The van der Waals surface area contributed by atoms with Crippen molar-refractivity contribution in [3.63, 3.8) is 0 Å². The number of esters is 2. The number of carbonyl (C=O) groups excluding carboxylic acids is 3. The minimum atomic E-state index is -3.91. The molecule has 162 valence electrons. The van der Waals surface area contributed by atoms with Gasteiger partial charge in [-0.3, -0.25) is 9.59 Å². The van der Waals surface area contributed by atoms with Crippen LogP contribution in [0.15, 0.2) is 21.6 Å². The molecule has 0 radical (unpaired) electrons. The average molecular weight is 449 g/mol. The maximum atomic E-state index is 12.7. The molecule has 12 heteroatoms. The van der Waals surface area contributed by atoms with Gasteiger partial charge in [-0.2, -0.15) is 4.31 Å². The molecular weight excluding hydrogens is 424 g/mol. The van der Waals surface area contributed by atoms with E-state index < -0.39 is 16.0 Å². The second-order valence-corrected chi connectivity index (χ2v) is 8.98. The summed E-state index contributed by atoms with van der Waals surface area (Å²) in [6.07, 6.45) is 0.259. The fraction of sp³-hybridized carbons (Fsp3) is 0.588. The molecule has 0 bridgehead atoms. The molecule has 0 N–H and O–H groups in total. The fourth-order valence-electron chi connectivity index (χ4n) is 2.61. The lowest BCUT2D eigenvalue weighted by Gasteiger charge is -2.33. The van der Waals surface area contributed by atoms with Crippen molar-refractivity contribution in [1.82, 2.24) is 9.21 Å². The summed E-state index contributed by atoms with van der Waals surface area (Å²) < 4.78 is 41.1. The number of carbonyl (C=O) groups is 3. The van der Waals surface area contributed by atoms with Gasteiger partial charge in [0.25, 0.3) is 10.0 Å². The van der Waals surface area contributed by atoms with Crippen molar-refractivity contribution in [2.45, 2.75) is 18.4 Å². The number of thioether (sulfide) groups is 1. The number of piperazine rings is 1. The van der Waals surface area contributed by atoms with Gasteiger partial charge in [-0.05, 0) is 19.1 Å². The van der Waals surface area contributed by atoms with Crippen LogP contribution in [-0.4, -0.2) is 86.9 Å². The molecule has 1 aromatic rings. The molecule has 1 aliphatic heterocycles. The maximum Gasteiger partial charge on any atom is 0.374 e. The smallest absolute Gasteiger partial charge is 0.374 e. The lowest BCUT2D eigenvalue weighted by atomic mass is 10.3. The Bertz CT molecular complexity index is 828. The topological polar surface area (TPSA) is 123 Å². The summed E-state index contributed by atoms with van der Waals surface area (Å²) in [7, 11) is -2.60. The van der Waals surface area contributed by atoms with Gasteiger partial charge in [0.1, 0.15) is 0 Å². The molecule has 2 rings (SSSR count). The van der Waals surface area contributed by atoms with E-state index in [4.69, 9.17) is 9.15 Å². The van der Waals surface area contributed by atoms with Crippen molar-refractivity contribution in [3.05, 3.63) is 17.9 Å². The SMILES string of the molecule is CCOC(=O)c1ccc(S(=O)(=O)N2CCN(C(=O)CCSCC(=O)OC)CC2)o1. The van der Waals surface area contributed by atoms with Crippen LogP contribution in [0.25, 0.3) is 0 Å². The summed E-state index contributed by atoms with van der Waals surface area (Å²) in [6.45, 7) is 2.55. The predicted octanol–water partition coefficient (Wildman–Crippen LogP) is 0.586. The Kier molecular flexibility index (Phi) is 8.53. The first-order chi connectivity index (χ1) is 13.8. The Labute approximate surface area is 173 Å². The van der Waals surface area contributed by atoms with Gasteiger partial charge >= 0.3 is 11.9 Å². The van der Waals surface area contributed by atoms with Crippen LogP contribution >= 0.6 is 11.8 Å². The lowest BCUT2D eigenvalue weighted by molar-refractivity contribution is -0.137. The second-order valence-electron chi connectivity index (χ2n) is 6.00. The van der Waals surface area contributed by atoms with Crippen LogP contribution in [0.3, 0.4) is 0 Å². The number of nitrogens with zero attached hydrogens (tertiary/aromatic N) is 2. The third-order valence-corrected chi connectivity index (χ3v) is 6.86. The summed E-state index contributed by atoms with van der Waals surface area (Å²) in [5.74, 6) is -0.673. The van der Waals surface area contributed by atoms with E-state index in [2.05, 4.69) is 4.74 Å². The van der Waals surface area contributed by atoms with Gasteiger partial charge in [-0.15, -0.1) is 11.8 Å². The fourth-order valence-corrected chi connectivity index (χ4v) is 4.69. The lowest BCUT2D eigenvalue weighted by Crippen LogP contribution is -2.50. The van der Waals surface area contributed by atoms with Crippen molar-refractivity contribution >= 4 is 39.6 Å². The van der Waals surface area contributed by atoms with E-state index in [1.54, 1.807) is 11.8 Å². The van der Waals surface area contributed by atoms with Gasteiger partial charge < -0.3 is 18.8 Å². The molecule has 1 amide bonds. The van der Waals surface area contributed by atoms with Gasteiger partial charge in [0, 0.05) is 38.4 Å². The molecule has 1 aromatic heterocycles. The normalized spacial score (nSPS) is 15.2. The predicted molar refractivity (Wildman–Crippen MR) is 104 cm³/mol. The number of methoxy groups -OCH3 is 1. The molecule has 1 saturated heterocycles. The molecule has 0 unspecified atom stereocenters. The first-order valence-corrected chi connectivity index (χ1v) is 11.6. The molecule has 0 atom stereocenters. The van der Waals surface area contributed by atoms with E-state index >= 15 is 0 Å². The van der Waals surface area contributed by atoms with Crippen LogP contribution in [0.1, 0.15) is 23.9 Å². The molecule has 1 aliphatic rings. The highest BCUT2D eigenvalue weighted by molar-refractivity contribution is 7.99. The van der Waals surface area contributed by atoms with Crippen LogP contribution in [0.2, 0.25) is 0 Å². The van der Waals surface area contributed by atoms with Crippen LogP contribution < -0.4 is 0 Å². The molecule has 10 nitrogen and oxygen atoms in total. The van der Waals surface area contributed by atoms with Crippen molar-refractivity contribution in [3.8, 4) is 0 Å². The van der Waals surface area contributed by atoms with E-state index in [1.807, 2.05) is 0 Å². The molecular formula is C17H24N2O8S2. The van der Waals surface area contributed by atoms with E-state index in [0.717, 1.165) is 0 Å². The first kappa shape index (κ1) is 23.2. The summed E-state index contributed by atoms with van der Waals surface area (Å²) >= 11 is 1.31. The molecule has 2 heterocycles. The summed E-state index contributed by atoms with van der Waals surface area (Å²) in [5, 5.41) is -0.334. The third-order valence-electron chi connectivity index (χ3n) is 4.15. The third kappa shape index (κ3) is 6.21. The van der Waals surface area contributed by atoms with Crippen LogP contribution in [-0.2, 0) is 29.1 Å². The Balaban J connectivity index is 1.85. The number of furan rings is 1. The first-order valence-electron chi connectivity index (χ1n) is 8.99. The number of hydrogen-bond donors (Lipinski definition) is 0. The number of amides is 1. The van der Waals surface area contributed by atoms with Gasteiger partial charge in [0.15, 0.2) is 0 Å². The molecule has 1 fully saturated rings. The van der Waals surface area contributed by atoms with Crippen LogP contribution in [0.4, 0.5) is 0 Å². The zero-order valence-electron chi connectivity index (χ0n) is 16.3. The van der Waals surface area contributed by atoms with Gasteiger partial charge in [-0.25, -0.2) is 13.2 Å². The Morgan fingerprint density at radius 2 is 1.86 bits per heavy atom. The number of ether oxygens (including phenoxy) is 2. The highest BCUT2D eigenvalue weighted by Crippen LogP contribution is 2.21. The molecule has 0 aliphatic carbocycles. The number of rotatable bonds is 9. The van der Waals surface area contributed by atoms with Gasteiger partial charge in [0.05, 0.1) is 19.5 Å². The summed E-state index contributed by atoms with van der Waals surface area (Å²) in [4.78, 5) is 36.5. The summed E-state index contributed by atoms with van der Waals surface area (Å²) in [5.41, 5.74) is 0. The van der Waals surface area contributed by atoms with E-state index in [-0.39, 0.29) is 67.7 Å². The average Bonchev–Trinajstić information content (AvgIpc) is 3.22. The monoisotopic (exact) mass is 448 g/mol. The zero-order chi connectivity index (χ0) is 21.4. The quantitative estimate of drug-likeness (QED) is 0.394. The highest BCUT2D eigenvalue weighted by Gasteiger charge is 2.32. The van der Waals surface area contributed by atoms with E-state index in [9.17, 15) is 22.8 Å².